The van der Waals surface area contributed by atoms with Gasteiger partial charge in [-0.25, -0.2) is 9.97 Å². The zero-order valence-electron chi connectivity index (χ0n) is 9.30. The highest BCUT2D eigenvalue weighted by Crippen LogP contribution is 2.06. The molecule has 5 nitrogen and oxygen atoms in total. The molecule has 2 aromatic heterocycles. The zero-order valence-corrected chi connectivity index (χ0v) is 10.1. The van der Waals surface area contributed by atoms with Gasteiger partial charge in [0.2, 0.25) is 0 Å². The Morgan fingerprint density at radius 1 is 1.41 bits per heavy atom. The first kappa shape index (κ1) is 11.5. The van der Waals surface area contributed by atoms with Gasteiger partial charge in [0.25, 0.3) is 5.91 Å². The van der Waals surface area contributed by atoms with Gasteiger partial charge in [0.05, 0.1) is 18.4 Å². The number of hydrogen-bond donors (Lipinski definition) is 2. The van der Waals surface area contributed by atoms with E-state index in [1.54, 1.807) is 25.5 Å². The number of nitrogens with zero attached hydrogens (tertiary/aromatic N) is 2. The molecule has 0 spiro atoms. The van der Waals surface area contributed by atoms with Gasteiger partial charge >= 0.3 is 0 Å². The Morgan fingerprint density at radius 2 is 2.29 bits per heavy atom. The van der Waals surface area contributed by atoms with E-state index >= 15 is 0 Å². The Morgan fingerprint density at radius 3 is 2.88 bits per heavy atom. The topological polar surface area (TPSA) is 66.9 Å². The zero-order chi connectivity index (χ0) is 12.1. The molecule has 2 rings (SSSR count). The summed E-state index contributed by atoms with van der Waals surface area (Å²) in [5.74, 6) is -0.192. The maximum Gasteiger partial charge on any atom is 0.270 e. The fourth-order valence-electron chi connectivity index (χ4n) is 1.26. The first-order valence-corrected chi connectivity index (χ1v) is 5.98. The van der Waals surface area contributed by atoms with Gasteiger partial charge in [-0.3, -0.25) is 4.79 Å². The van der Waals surface area contributed by atoms with Crippen LogP contribution in [0.15, 0.2) is 29.9 Å². The van der Waals surface area contributed by atoms with E-state index in [0.717, 1.165) is 10.7 Å². The van der Waals surface area contributed by atoms with E-state index in [0.29, 0.717) is 12.2 Å². The highest BCUT2D eigenvalue weighted by Gasteiger charge is 2.07. The van der Waals surface area contributed by atoms with Crippen LogP contribution in [0, 0.1) is 0 Å². The van der Waals surface area contributed by atoms with E-state index in [1.807, 2.05) is 11.4 Å². The molecule has 17 heavy (non-hydrogen) atoms. The lowest BCUT2D eigenvalue weighted by molar-refractivity contribution is 0.0946. The third-order valence-electron chi connectivity index (χ3n) is 2.17. The summed E-state index contributed by atoms with van der Waals surface area (Å²) in [7, 11) is 1.80. The molecular weight excluding hydrogens is 236 g/mol. The third-order valence-corrected chi connectivity index (χ3v) is 2.95. The number of nitrogens with one attached hydrogen (secondary N) is 2. The third kappa shape index (κ3) is 3.01. The van der Waals surface area contributed by atoms with Crippen LogP contribution in [0.25, 0.3) is 0 Å². The number of anilines is 1. The van der Waals surface area contributed by atoms with Crippen LogP contribution in [-0.2, 0) is 6.54 Å². The lowest BCUT2D eigenvalue weighted by atomic mass is 10.3. The van der Waals surface area contributed by atoms with Gasteiger partial charge in [-0.05, 0) is 12.1 Å². The van der Waals surface area contributed by atoms with Gasteiger partial charge < -0.3 is 10.6 Å². The second kappa shape index (κ2) is 5.40. The fourth-order valence-corrected chi connectivity index (χ4v) is 1.82. The Labute approximate surface area is 103 Å². The van der Waals surface area contributed by atoms with Crippen molar-refractivity contribution in [2.24, 2.45) is 0 Å². The van der Waals surface area contributed by atoms with E-state index in [9.17, 15) is 4.79 Å². The Hall–Kier alpha value is -1.95. The minimum atomic E-state index is -0.192. The monoisotopic (exact) mass is 248 g/mol. The highest BCUT2D eigenvalue weighted by molar-refractivity contribution is 7.09. The molecule has 0 saturated heterocycles. The number of rotatable bonds is 4. The predicted octanol–water partition coefficient (Wildman–Crippen LogP) is 1.51. The molecule has 2 heterocycles. The van der Waals surface area contributed by atoms with Crippen LogP contribution < -0.4 is 10.6 Å². The minimum absolute atomic E-state index is 0.192. The molecule has 2 N–H and O–H groups in total. The largest absolute Gasteiger partial charge is 0.387 e. The summed E-state index contributed by atoms with van der Waals surface area (Å²) < 4.78 is 0. The number of pyridine rings is 1. The normalized spacial score (nSPS) is 9.94. The van der Waals surface area contributed by atoms with Crippen LogP contribution in [0.1, 0.15) is 15.5 Å². The molecule has 0 radical (unpaired) electrons. The average molecular weight is 248 g/mol. The van der Waals surface area contributed by atoms with Crippen LogP contribution in [0.2, 0.25) is 0 Å². The number of amides is 1. The minimum Gasteiger partial charge on any atom is -0.387 e. The van der Waals surface area contributed by atoms with E-state index in [-0.39, 0.29) is 5.91 Å². The van der Waals surface area contributed by atoms with Gasteiger partial charge in [-0.2, -0.15) is 0 Å². The van der Waals surface area contributed by atoms with E-state index in [1.165, 1.54) is 11.3 Å². The fraction of sp³-hybridized carbons (Fsp3) is 0.182. The molecule has 6 heteroatoms. The molecule has 0 aliphatic rings. The quantitative estimate of drug-likeness (QED) is 0.860. The number of aromatic nitrogens is 2. The van der Waals surface area contributed by atoms with Crippen molar-refractivity contribution in [3.8, 4) is 0 Å². The van der Waals surface area contributed by atoms with Crippen molar-refractivity contribution in [3.05, 3.63) is 40.6 Å². The summed E-state index contributed by atoms with van der Waals surface area (Å²) in [6.45, 7) is 0.436. The van der Waals surface area contributed by atoms with Gasteiger partial charge in [0, 0.05) is 18.6 Å². The molecule has 0 saturated carbocycles. The number of thiazole rings is 1. The maximum atomic E-state index is 11.7. The lowest BCUT2D eigenvalue weighted by Crippen LogP contribution is -2.23. The summed E-state index contributed by atoms with van der Waals surface area (Å²) in [4.78, 5) is 19.9. The van der Waals surface area contributed by atoms with Crippen molar-refractivity contribution in [3.63, 3.8) is 0 Å². The predicted molar refractivity (Wildman–Crippen MR) is 67.1 cm³/mol. The van der Waals surface area contributed by atoms with Crippen LogP contribution in [-0.4, -0.2) is 22.9 Å². The second-order valence-corrected chi connectivity index (χ2v) is 4.27. The van der Waals surface area contributed by atoms with Crippen LogP contribution in [0.3, 0.4) is 0 Å². The van der Waals surface area contributed by atoms with Gasteiger partial charge in [-0.15, -0.1) is 11.3 Å². The van der Waals surface area contributed by atoms with E-state index < -0.39 is 0 Å². The Balaban J connectivity index is 1.95. The van der Waals surface area contributed by atoms with Crippen molar-refractivity contribution in [1.82, 2.24) is 15.3 Å². The highest BCUT2D eigenvalue weighted by atomic mass is 32.1. The van der Waals surface area contributed by atoms with E-state index in [4.69, 9.17) is 0 Å². The first-order chi connectivity index (χ1) is 8.29. The number of hydrogen-bond acceptors (Lipinski definition) is 5. The first-order valence-electron chi connectivity index (χ1n) is 5.10. The van der Waals surface area contributed by atoms with Crippen molar-refractivity contribution in [2.75, 3.05) is 12.4 Å². The van der Waals surface area contributed by atoms with Crippen LogP contribution >= 0.6 is 11.3 Å². The maximum absolute atomic E-state index is 11.7. The smallest absolute Gasteiger partial charge is 0.270 e. The molecule has 0 bridgehead atoms. The lowest BCUT2D eigenvalue weighted by Gasteiger charge is -2.03. The van der Waals surface area contributed by atoms with Crippen LogP contribution in [0.4, 0.5) is 5.69 Å². The summed E-state index contributed by atoms with van der Waals surface area (Å²) >= 11 is 1.51. The molecule has 0 unspecified atom stereocenters. The molecule has 0 aliphatic carbocycles. The van der Waals surface area contributed by atoms with Gasteiger partial charge in [-0.1, -0.05) is 0 Å². The number of carbonyl (C=O) groups excluding carboxylic acids is 1. The molecule has 0 fully saturated rings. The molecule has 2 aromatic rings. The van der Waals surface area contributed by atoms with Crippen molar-refractivity contribution in [1.29, 1.82) is 0 Å². The van der Waals surface area contributed by atoms with Crippen molar-refractivity contribution in [2.45, 2.75) is 6.54 Å². The summed E-state index contributed by atoms with van der Waals surface area (Å²) in [6, 6.07) is 3.49. The van der Waals surface area contributed by atoms with Crippen molar-refractivity contribution >= 4 is 22.9 Å². The van der Waals surface area contributed by atoms with Gasteiger partial charge in [0.15, 0.2) is 0 Å². The Kier molecular flexibility index (Phi) is 3.66. The molecule has 88 valence electrons. The molecular formula is C11H12N4OS. The summed E-state index contributed by atoms with van der Waals surface area (Å²) in [5.41, 5.74) is 1.28. The molecule has 0 atom stereocenters. The average Bonchev–Trinajstić information content (AvgIpc) is 2.89. The molecule has 0 aromatic carbocycles. The Bertz CT molecular complexity index is 481. The summed E-state index contributed by atoms with van der Waals surface area (Å²) in [5, 5.41) is 8.47. The second-order valence-electron chi connectivity index (χ2n) is 3.29. The summed E-state index contributed by atoms with van der Waals surface area (Å²) in [6.07, 6.45) is 3.34. The standard InChI is InChI=1S/C11H12N4OS/c1-12-8-2-3-9(14-6-8)11(16)15-7-10-13-4-5-17-10/h2-6,12H,7H2,1H3,(H,15,16). The SMILES string of the molecule is CNc1ccc(C(=O)NCc2nccs2)nc1. The van der Waals surface area contributed by atoms with E-state index in [2.05, 4.69) is 20.6 Å². The molecule has 1 amide bonds. The van der Waals surface area contributed by atoms with Crippen LogP contribution in [0.5, 0.6) is 0 Å². The number of carbonyl (C=O) groups is 1. The molecule has 0 aliphatic heterocycles. The van der Waals surface area contributed by atoms with Gasteiger partial charge in [0.1, 0.15) is 10.7 Å². The van der Waals surface area contributed by atoms with Crippen molar-refractivity contribution < 1.29 is 4.79 Å².